The Morgan fingerprint density at radius 2 is 1.68 bits per heavy atom. The number of sulfonamides is 1. The Kier molecular flexibility index (Phi) is 5.37. The molecule has 2 aromatic rings. The summed E-state index contributed by atoms with van der Waals surface area (Å²) in [4.78, 5) is 0.144. The zero-order chi connectivity index (χ0) is 17.7. The van der Waals surface area contributed by atoms with Gasteiger partial charge in [-0.25, -0.2) is 8.42 Å². The maximum atomic E-state index is 12.4. The number of hydrogen-bond donors (Lipinski definition) is 2. The van der Waals surface area contributed by atoms with Gasteiger partial charge in [-0.2, -0.15) is 0 Å². The van der Waals surface area contributed by atoms with E-state index in [1.54, 1.807) is 24.3 Å². The highest BCUT2D eigenvalue weighted by Crippen LogP contribution is 2.22. The first-order chi connectivity index (χ1) is 12.1. The van der Waals surface area contributed by atoms with Crippen LogP contribution in [-0.4, -0.2) is 31.3 Å². The van der Waals surface area contributed by atoms with Crippen molar-refractivity contribution < 1.29 is 13.2 Å². The Morgan fingerprint density at radius 1 is 1.04 bits per heavy atom. The Balaban J connectivity index is 1.65. The predicted molar refractivity (Wildman–Crippen MR) is 96.3 cm³/mol. The zero-order valence-corrected chi connectivity index (χ0v) is 14.9. The van der Waals surface area contributed by atoms with Crippen LogP contribution < -0.4 is 14.8 Å². The van der Waals surface area contributed by atoms with Crippen molar-refractivity contribution in [2.75, 3.05) is 16.6 Å². The largest absolute Gasteiger partial charge is 0.494 e. The molecule has 0 atom stereocenters. The SMILES string of the molecule is CCOc1ccc(S(=O)(=O)Nc2ccc(NC3CCCC3)nn2)cc1. The summed E-state index contributed by atoms with van der Waals surface area (Å²) in [5.74, 6) is 1.48. The van der Waals surface area contributed by atoms with Crippen molar-refractivity contribution in [1.29, 1.82) is 0 Å². The van der Waals surface area contributed by atoms with Crippen molar-refractivity contribution in [2.45, 2.75) is 43.5 Å². The molecule has 0 saturated heterocycles. The van der Waals surface area contributed by atoms with Gasteiger partial charge in [-0.3, -0.25) is 4.72 Å². The molecule has 2 N–H and O–H groups in total. The highest BCUT2D eigenvalue weighted by Gasteiger charge is 2.17. The van der Waals surface area contributed by atoms with Crippen molar-refractivity contribution in [3.63, 3.8) is 0 Å². The highest BCUT2D eigenvalue weighted by atomic mass is 32.2. The van der Waals surface area contributed by atoms with Crippen LogP contribution in [0.2, 0.25) is 0 Å². The molecule has 0 unspecified atom stereocenters. The average Bonchev–Trinajstić information content (AvgIpc) is 3.10. The normalized spacial score (nSPS) is 15.1. The number of anilines is 2. The van der Waals surface area contributed by atoms with Gasteiger partial charge in [0, 0.05) is 6.04 Å². The maximum absolute atomic E-state index is 12.4. The molecule has 0 spiro atoms. The van der Waals surface area contributed by atoms with E-state index >= 15 is 0 Å². The van der Waals surface area contributed by atoms with Gasteiger partial charge in [0.05, 0.1) is 11.5 Å². The molecule has 1 aliphatic carbocycles. The van der Waals surface area contributed by atoms with Crippen molar-refractivity contribution in [2.24, 2.45) is 0 Å². The summed E-state index contributed by atoms with van der Waals surface area (Å²) < 4.78 is 32.5. The highest BCUT2D eigenvalue weighted by molar-refractivity contribution is 7.92. The molecule has 0 radical (unpaired) electrons. The van der Waals surface area contributed by atoms with Gasteiger partial charge in [0.25, 0.3) is 10.0 Å². The summed E-state index contributed by atoms with van der Waals surface area (Å²) in [6, 6.07) is 10.0. The summed E-state index contributed by atoms with van der Waals surface area (Å²) in [6.45, 7) is 2.40. The van der Waals surface area contributed by atoms with E-state index in [1.165, 1.54) is 25.0 Å². The molecule has 7 nitrogen and oxygen atoms in total. The Bertz CT molecular complexity index is 786. The van der Waals surface area contributed by atoms with Gasteiger partial charge in [0.1, 0.15) is 11.6 Å². The summed E-state index contributed by atoms with van der Waals surface area (Å²) in [5, 5.41) is 11.3. The molecular formula is C17H22N4O3S. The maximum Gasteiger partial charge on any atom is 0.263 e. The third-order valence-corrected chi connectivity index (χ3v) is 5.43. The molecule has 3 rings (SSSR count). The average molecular weight is 362 g/mol. The molecule has 1 fully saturated rings. The number of benzene rings is 1. The molecule has 8 heteroatoms. The molecule has 1 aromatic carbocycles. The number of nitrogens with zero attached hydrogens (tertiary/aromatic N) is 2. The molecular weight excluding hydrogens is 340 g/mol. The molecule has 25 heavy (non-hydrogen) atoms. The van der Waals surface area contributed by atoms with Crippen LogP contribution in [0.4, 0.5) is 11.6 Å². The smallest absolute Gasteiger partial charge is 0.263 e. The van der Waals surface area contributed by atoms with Crippen LogP contribution in [0.5, 0.6) is 5.75 Å². The second-order valence-electron chi connectivity index (χ2n) is 5.94. The summed E-state index contributed by atoms with van der Waals surface area (Å²) in [5.41, 5.74) is 0. The predicted octanol–water partition coefficient (Wildman–Crippen LogP) is 3.03. The fourth-order valence-corrected chi connectivity index (χ4v) is 3.82. The lowest BCUT2D eigenvalue weighted by molar-refractivity contribution is 0.340. The van der Waals surface area contributed by atoms with Crippen molar-refractivity contribution in [3.05, 3.63) is 36.4 Å². The van der Waals surface area contributed by atoms with Crippen molar-refractivity contribution in [3.8, 4) is 5.75 Å². The van der Waals surface area contributed by atoms with Crippen molar-refractivity contribution in [1.82, 2.24) is 10.2 Å². The van der Waals surface area contributed by atoms with Crippen LogP contribution >= 0.6 is 0 Å². The van der Waals surface area contributed by atoms with Crippen LogP contribution in [0.15, 0.2) is 41.3 Å². The van der Waals surface area contributed by atoms with E-state index in [2.05, 4.69) is 20.2 Å². The van der Waals surface area contributed by atoms with Gasteiger partial charge >= 0.3 is 0 Å². The van der Waals surface area contributed by atoms with E-state index in [1.807, 2.05) is 6.92 Å². The quantitative estimate of drug-likeness (QED) is 0.786. The number of hydrogen-bond acceptors (Lipinski definition) is 6. The lowest BCUT2D eigenvalue weighted by Gasteiger charge is -2.12. The second kappa shape index (κ2) is 7.69. The minimum Gasteiger partial charge on any atom is -0.494 e. The second-order valence-corrected chi connectivity index (χ2v) is 7.62. The van der Waals surface area contributed by atoms with E-state index < -0.39 is 10.0 Å². The third kappa shape index (κ3) is 4.60. The minimum absolute atomic E-state index is 0.144. The van der Waals surface area contributed by atoms with Crippen molar-refractivity contribution >= 4 is 21.7 Å². The molecule has 1 aliphatic rings. The number of nitrogens with one attached hydrogen (secondary N) is 2. The first-order valence-corrected chi connectivity index (χ1v) is 9.91. The van der Waals surface area contributed by atoms with Crippen LogP contribution in [0.1, 0.15) is 32.6 Å². The molecule has 0 aliphatic heterocycles. The standard InChI is InChI=1S/C17H22N4O3S/c1-2-24-14-7-9-15(10-8-14)25(22,23)21-17-12-11-16(19-20-17)18-13-5-3-4-6-13/h7-13H,2-6H2,1H3,(H,18,19)(H,20,21). The van der Waals surface area contributed by atoms with Gasteiger partial charge in [-0.1, -0.05) is 12.8 Å². The first kappa shape index (κ1) is 17.5. The van der Waals surface area contributed by atoms with Crippen LogP contribution in [0.3, 0.4) is 0 Å². The fraction of sp³-hybridized carbons (Fsp3) is 0.412. The van der Waals surface area contributed by atoms with E-state index in [4.69, 9.17) is 4.74 Å². The summed E-state index contributed by atoms with van der Waals surface area (Å²) >= 11 is 0. The number of ether oxygens (including phenoxy) is 1. The molecule has 0 amide bonds. The fourth-order valence-electron chi connectivity index (χ4n) is 2.82. The summed E-state index contributed by atoms with van der Waals surface area (Å²) in [6.07, 6.45) is 4.72. The molecule has 0 bridgehead atoms. The Labute approximate surface area is 147 Å². The van der Waals surface area contributed by atoms with E-state index in [0.717, 1.165) is 12.8 Å². The first-order valence-electron chi connectivity index (χ1n) is 8.43. The minimum atomic E-state index is -3.71. The van der Waals surface area contributed by atoms with Gasteiger partial charge in [0.15, 0.2) is 5.82 Å². The molecule has 1 saturated carbocycles. The molecule has 1 aromatic heterocycles. The molecule has 134 valence electrons. The van der Waals surface area contributed by atoms with E-state index in [0.29, 0.717) is 24.2 Å². The van der Waals surface area contributed by atoms with Gasteiger partial charge in [-0.05, 0) is 56.2 Å². The summed E-state index contributed by atoms with van der Waals surface area (Å²) in [7, 11) is -3.71. The van der Waals surface area contributed by atoms with Gasteiger partial charge in [-0.15, -0.1) is 10.2 Å². The van der Waals surface area contributed by atoms with Crippen LogP contribution in [0, 0.1) is 0 Å². The topological polar surface area (TPSA) is 93.2 Å². The van der Waals surface area contributed by atoms with Gasteiger partial charge < -0.3 is 10.1 Å². The Morgan fingerprint density at radius 3 is 2.28 bits per heavy atom. The Hall–Kier alpha value is -2.35. The van der Waals surface area contributed by atoms with Gasteiger partial charge in [0.2, 0.25) is 0 Å². The zero-order valence-electron chi connectivity index (χ0n) is 14.1. The van der Waals surface area contributed by atoms with Crippen LogP contribution in [0.25, 0.3) is 0 Å². The monoisotopic (exact) mass is 362 g/mol. The number of rotatable bonds is 7. The number of aromatic nitrogens is 2. The van der Waals surface area contributed by atoms with Crippen LogP contribution in [-0.2, 0) is 10.0 Å². The molecule has 1 heterocycles. The third-order valence-electron chi connectivity index (χ3n) is 4.06. The lowest BCUT2D eigenvalue weighted by Crippen LogP contribution is -2.17. The van der Waals surface area contributed by atoms with E-state index in [9.17, 15) is 8.42 Å². The lowest BCUT2D eigenvalue weighted by atomic mass is 10.2. The van der Waals surface area contributed by atoms with E-state index in [-0.39, 0.29) is 10.7 Å².